The average Bonchev–Trinajstić information content (AvgIpc) is 2.53. The van der Waals surface area contributed by atoms with Crippen LogP contribution in [0.5, 0.6) is 0 Å². The molecule has 2 aromatic rings. The van der Waals surface area contributed by atoms with Gasteiger partial charge in [-0.1, -0.05) is 42.5 Å². The third-order valence-corrected chi connectivity index (χ3v) is 3.18. The fourth-order valence-corrected chi connectivity index (χ4v) is 2.16. The van der Waals surface area contributed by atoms with Crippen molar-refractivity contribution in [3.8, 4) is 0 Å². The lowest BCUT2D eigenvalue weighted by molar-refractivity contribution is -0.107. The van der Waals surface area contributed by atoms with Gasteiger partial charge >= 0.3 is 0 Å². The summed E-state index contributed by atoms with van der Waals surface area (Å²) < 4.78 is 0. The van der Waals surface area contributed by atoms with E-state index in [1.165, 1.54) is 11.1 Å². The maximum Gasteiger partial charge on any atom is 0.119 e. The number of aromatic nitrogens is 1. The molecule has 20 heavy (non-hydrogen) atoms. The van der Waals surface area contributed by atoms with Crippen LogP contribution in [-0.4, -0.2) is 11.3 Å². The SMILES string of the molecule is O=CCCCCC=C(c1ccccc1)c1cccnc1. The van der Waals surface area contributed by atoms with Gasteiger partial charge in [-0.2, -0.15) is 0 Å². The van der Waals surface area contributed by atoms with Crippen LogP contribution in [0.4, 0.5) is 0 Å². The van der Waals surface area contributed by atoms with Crippen LogP contribution in [0.1, 0.15) is 36.8 Å². The summed E-state index contributed by atoms with van der Waals surface area (Å²) in [6.45, 7) is 0. The molecule has 0 saturated carbocycles. The topological polar surface area (TPSA) is 30.0 Å². The monoisotopic (exact) mass is 265 g/mol. The number of carbonyl (C=O) groups is 1. The Morgan fingerprint density at radius 3 is 2.40 bits per heavy atom. The van der Waals surface area contributed by atoms with Gasteiger partial charge in [0.2, 0.25) is 0 Å². The Kier molecular flexibility index (Phi) is 5.71. The zero-order chi connectivity index (χ0) is 14.0. The van der Waals surface area contributed by atoms with Crippen molar-refractivity contribution in [3.05, 3.63) is 72.1 Å². The molecule has 0 atom stereocenters. The molecule has 0 bridgehead atoms. The van der Waals surface area contributed by atoms with E-state index in [9.17, 15) is 4.79 Å². The zero-order valence-electron chi connectivity index (χ0n) is 11.5. The van der Waals surface area contributed by atoms with Crippen LogP contribution < -0.4 is 0 Å². The van der Waals surface area contributed by atoms with Gasteiger partial charge in [-0.25, -0.2) is 0 Å². The Labute approximate surface area is 120 Å². The smallest absolute Gasteiger partial charge is 0.119 e. The number of unbranched alkanes of at least 4 members (excludes halogenated alkanes) is 3. The molecule has 1 aromatic heterocycles. The first-order chi connectivity index (χ1) is 9.92. The number of pyridine rings is 1. The van der Waals surface area contributed by atoms with E-state index in [0.29, 0.717) is 6.42 Å². The second kappa shape index (κ2) is 8.05. The van der Waals surface area contributed by atoms with Gasteiger partial charge in [-0.05, 0) is 36.5 Å². The van der Waals surface area contributed by atoms with Crippen LogP contribution in [-0.2, 0) is 4.79 Å². The Morgan fingerprint density at radius 2 is 1.70 bits per heavy atom. The molecule has 0 N–H and O–H groups in total. The zero-order valence-corrected chi connectivity index (χ0v) is 11.5. The Hall–Kier alpha value is -2.22. The van der Waals surface area contributed by atoms with E-state index in [-0.39, 0.29) is 0 Å². The largest absolute Gasteiger partial charge is 0.303 e. The number of hydrogen-bond acceptors (Lipinski definition) is 2. The van der Waals surface area contributed by atoms with Crippen LogP contribution >= 0.6 is 0 Å². The van der Waals surface area contributed by atoms with Crippen molar-refractivity contribution < 1.29 is 4.79 Å². The second-order valence-corrected chi connectivity index (χ2v) is 4.68. The molecule has 0 aliphatic heterocycles. The Bertz CT molecular complexity index is 505. The fraction of sp³-hybridized carbons (Fsp3) is 0.222. The molecule has 0 aliphatic carbocycles. The number of allylic oxidation sites excluding steroid dienone is 1. The maximum absolute atomic E-state index is 10.3. The minimum absolute atomic E-state index is 0.654. The van der Waals surface area contributed by atoms with Gasteiger partial charge in [0, 0.05) is 24.4 Å². The lowest BCUT2D eigenvalue weighted by atomic mass is 9.97. The standard InChI is InChI=1S/C18H19NO/c20-14-7-2-1-6-12-18(16-9-4-3-5-10-16)17-11-8-13-19-15-17/h3-5,8-15H,1-2,6-7H2. The molecule has 0 fully saturated rings. The van der Waals surface area contributed by atoms with E-state index in [4.69, 9.17) is 0 Å². The summed E-state index contributed by atoms with van der Waals surface area (Å²) in [7, 11) is 0. The number of rotatable bonds is 7. The summed E-state index contributed by atoms with van der Waals surface area (Å²) in [6.07, 6.45) is 10.5. The maximum atomic E-state index is 10.3. The first kappa shape index (κ1) is 14.2. The van der Waals surface area contributed by atoms with Crippen LogP contribution in [0.25, 0.3) is 5.57 Å². The van der Waals surface area contributed by atoms with E-state index < -0.39 is 0 Å². The quantitative estimate of drug-likeness (QED) is 0.552. The van der Waals surface area contributed by atoms with Crippen molar-refractivity contribution in [3.63, 3.8) is 0 Å². The molecule has 102 valence electrons. The van der Waals surface area contributed by atoms with Crippen molar-refractivity contribution in [1.82, 2.24) is 4.98 Å². The van der Waals surface area contributed by atoms with Gasteiger partial charge in [0.25, 0.3) is 0 Å². The van der Waals surface area contributed by atoms with Crippen molar-refractivity contribution in [1.29, 1.82) is 0 Å². The molecule has 2 heteroatoms. The first-order valence-corrected chi connectivity index (χ1v) is 7.01. The van der Waals surface area contributed by atoms with E-state index in [0.717, 1.165) is 31.1 Å². The van der Waals surface area contributed by atoms with Crippen molar-refractivity contribution in [2.24, 2.45) is 0 Å². The normalized spacial score (nSPS) is 11.3. The number of carbonyl (C=O) groups excluding carboxylic acids is 1. The highest BCUT2D eigenvalue weighted by Gasteiger charge is 2.03. The van der Waals surface area contributed by atoms with Crippen molar-refractivity contribution in [2.45, 2.75) is 25.7 Å². The summed E-state index contributed by atoms with van der Waals surface area (Å²) in [6, 6.07) is 14.4. The van der Waals surface area contributed by atoms with Gasteiger partial charge in [0.15, 0.2) is 0 Å². The third kappa shape index (κ3) is 4.16. The predicted octanol–water partition coefficient (Wildman–Crippen LogP) is 4.27. The molecule has 0 amide bonds. The second-order valence-electron chi connectivity index (χ2n) is 4.68. The molecule has 2 nitrogen and oxygen atoms in total. The van der Waals surface area contributed by atoms with E-state index in [1.54, 1.807) is 6.20 Å². The molecular formula is C18H19NO. The lowest BCUT2D eigenvalue weighted by Gasteiger charge is -2.08. The van der Waals surface area contributed by atoms with E-state index in [1.807, 2.05) is 30.5 Å². The highest BCUT2D eigenvalue weighted by Crippen LogP contribution is 2.23. The van der Waals surface area contributed by atoms with Crippen molar-refractivity contribution in [2.75, 3.05) is 0 Å². The fourth-order valence-electron chi connectivity index (χ4n) is 2.16. The Morgan fingerprint density at radius 1 is 0.950 bits per heavy atom. The van der Waals surface area contributed by atoms with Gasteiger partial charge in [-0.15, -0.1) is 0 Å². The molecule has 0 radical (unpaired) electrons. The summed E-state index contributed by atoms with van der Waals surface area (Å²) in [5, 5.41) is 0. The van der Waals surface area contributed by atoms with Gasteiger partial charge in [-0.3, -0.25) is 4.98 Å². The van der Waals surface area contributed by atoms with Crippen LogP contribution in [0.2, 0.25) is 0 Å². The predicted molar refractivity (Wildman–Crippen MR) is 82.3 cm³/mol. The van der Waals surface area contributed by atoms with E-state index in [2.05, 4.69) is 29.3 Å². The van der Waals surface area contributed by atoms with Crippen molar-refractivity contribution >= 4 is 11.9 Å². The van der Waals surface area contributed by atoms with Crippen LogP contribution in [0.3, 0.4) is 0 Å². The third-order valence-electron chi connectivity index (χ3n) is 3.18. The number of benzene rings is 1. The minimum Gasteiger partial charge on any atom is -0.303 e. The number of aldehydes is 1. The molecular weight excluding hydrogens is 246 g/mol. The summed E-state index contributed by atoms with van der Waals surface area (Å²) in [4.78, 5) is 14.5. The highest BCUT2D eigenvalue weighted by atomic mass is 16.1. The van der Waals surface area contributed by atoms with Gasteiger partial charge < -0.3 is 4.79 Å². The van der Waals surface area contributed by atoms with Crippen LogP contribution in [0, 0.1) is 0 Å². The van der Waals surface area contributed by atoms with Gasteiger partial charge in [0.05, 0.1) is 0 Å². The summed E-state index contributed by atoms with van der Waals surface area (Å²) in [5.41, 5.74) is 3.55. The molecule has 0 saturated heterocycles. The number of nitrogens with zero attached hydrogens (tertiary/aromatic N) is 1. The molecule has 0 aliphatic rings. The molecule has 1 aromatic carbocycles. The first-order valence-electron chi connectivity index (χ1n) is 7.01. The molecule has 1 heterocycles. The van der Waals surface area contributed by atoms with E-state index >= 15 is 0 Å². The van der Waals surface area contributed by atoms with Gasteiger partial charge in [0.1, 0.15) is 6.29 Å². The number of hydrogen-bond donors (Lipinski definition) is 0. The summed E-state index contributed by atoms with van der Waals surface area (Å²) in [5.74, 6) is 0. The average molecular weight is 265 g/mol. The molecule has 2 rings (SSSR count). The Balaban J connectivity index is 2.17. The molecule has 0 spiro atoms. The highest BCUT2D eigenvalue weighted by molar-refractivity contribution is 5.79. The lowest BCUT2D eigenvalue weighted by Crippen LogP contribution is -1.89. The summed E-state index contributed by atoms with van der Waals surface area (Å²) >= 11 is 0. The molecule has 0 unspecified atom stereocenters. The van der Waals surface area contributed by atoms with Crippen LogP contribution in [0.15, 0.2) is 60.9 Å². The minimum atomic E-state index is 0.654.